The van der Waals surface area contributed by atoms with Crippen LogP contribution in [-0.2, 0) is 9.53 Å². The van der Waals surface area contributed by atoms with Gasteiger partial charge in [0.1, 0.15) is 6.10 Å². The molecule has 0 aliphatic heterocycles. The molecule has 0 saturated heterocycles. The molecule has 4 aliphatic carbocycles. The highest BCUT2D eigenvalue weighted by molar-refractivity contribution is 5.69. The van der Waals surface area contributed by atoms with Crippen LogP contribution < -0.4 is 0 Å². The zero-order valence-corrected chi connectivity index (χ0v) is 32.3. The normalized spacial score (nSPS) is 32.6. The van der Waals surface area contributed by atoms with Gasteiger partial charge in [0.2, 0.25) is 0 Å². The first-order chi connectivity index (χ1) is 22.7. The van der Waals surface area contributed by atoms with Gasteiger partial charge in [-0.25, -0.2) is 0 Å². The Hall–Kier alpha value is -1.05. The van der Waals surface area contributed by atoms with Crippen LogP contribution in [0.4, 0.5) is 0 Å². The molecule has 0 unspecified atom stereocenters. The summed E-state index contributed by atoms with van der Waals surface area (Å²) >= 11 is 0. The van der Waals surface area contributed by atoms with E-state index >= 15 is 0 Å². The highest BCUT2D eigenvalue weighted by atomic mass is 16.6. The van der Waals surface area contributed by atoms with E-state index in [1.54, 1.807) is 5.57 Å². The first-order valence-corrected chi connectivity index (χ1v) is 21.2. The molecule has 3 fully saturated rings. The first kappa shape index (κ1) is 38.7. The van der Waals surface area contributed by atoms with Gasteiger partial charge in [0.25, 0.3) is 0 Å². The van der Waals surface area contributed by atoms with Gasteiger partial charge >= 0.3 is 5.97 Å². The number of carbonyl (C=O) groups excluding carboxylic acids is 1. The molecule has 8 atom stereocenters. The lowest BCUT2D eigenvalue weighted by atomic mass is 9.47. The molecule has 0 N–H and O–H groups in total. The Balaban J connectivity index is 1.12. The summed E-state index contributed by atoms with van der Waals surface area (Å²) in [4.78, 5) is 12.8. The maximum absolute atomic E-state index is 12.8. The molecule has 0 aromatic heterocycles. The molecule has 270 valence electrons. The molecule has 0 radical (unpaired) electrons. The number of fused-ring (bicyclic) bond motifs is 5. The van der Waals surface area contributed by atoms with Crippen molar-refractivity contribution in [1.29, 1.82) is 0 Å². The summed E-state index contributed by atoms with van der Waals surface area (Å²) < 4.78 is 6.12. The molecule has 0 heterocycles. The maximum atomic E-state index is 12.8. The van der Waals surface area contributed by atoms with Crippen molar-refractivity contribution in [1.82, 2.24) is 0 Å². The van der Waals surface area contributed by atoms with E-state index in [0.29, 0.717) is 17.3 Å². The Labute approximate surface area is 293 Å². The monoisotopic (exact) mass is 653 g/mol. The smallest absolute Gasteiger partial charge is 0.306 e. The van der Waals surface area contributed by atoms with Gasteiger partial charge in [-0.15, -0.1) is 0 Å². The number of rotatable bonds is 21. The molecule has 0 aromatic rings. The van der Waals surface area contributed by atoms with Gasteiger partial charge in [0.05, 0.1) is 0 Å². The second-order valence-electron chi connectivity index (χ2n) is 18.0. The highest BCUT2D eigenvalue weighted by Crippen LogP contribution is 2.67. The third kappa shape index (κ3) is 10.7. The van der Waals surface area contributed by atoms with Gasteiger partial charge in [0, 0.05) is 12.8 Å². The summed E-state index contributed by atoms with van der Waals surface area (Å²) in [6, 6.07) is 0. The van der Waals surface area contributed by atoms with Gasteiger partial charge in [-0.05, 0) is 123 Å². The van der Waals surface area contributed by atoms with Crippen molar-refractivity contribution in [2.24, 2.45) is 46.3 Å². The van der Waals surface area contributed by atoms with E-state index in [9.17, 15) is 4.79 Å². The summed E-state index contributed by atoms with van der Waals surface area (Å²) in [6.45, 7) is 14.9. The van der Waals surface area contributed by atoms with E-state index in [-0.39, 0.29) is 12.1 Å². The molecule has 0 amide bonds. The SMILES string of the molecule is CCCCCCCC/C=C/CCCCCC[13CH2][13C](=O)O[C@H]1CC[C@@]2(C)C(=CC[C@H]3[C@@H]4CC[C@H]([C@H](C)CCCC(C)C)[C@@]4(C)CC[C@@H]32)C1. The minimum atomic E-state index is 0.0541. The third-order valence-corrected chi connectivity index (χ3v) is 14.2. The quantitative estimate of drug-likeness (QED) is 0.0534. The molecule has 4 aliphatic rings. The molecule has 47 heavy (non-hydrogen) atoms. The fraction of sp³-hybridized carbons (Fsp3) is 0.889. The molecule has 2 nitrogen and oxygen atoms in total. The van der Waals surface area contributed by atoms with Crippen molar-refractivity contribution < 1.29 is 9.53 Å². The van der Waals surface area contributed by atoms with Crippen LogP contribution in [0.1, 0.15) is 202 Å². The molecular formula is C45H78O2. The molecule has 0 bridgehead atoms. The third-order valence-electron chi connectivity index (χ3n) is 14.2. The van der Waals surface area contributed by atoms with E-state index in [4.69, 9.17) is 4.74 Å². The van der Waals surface area contributed by atoms with E-state index in [0.717, 1.165) is 61.2 Å². The summed E-state index contributed by atoms with van der Waals surface area (Å²) in [6.07, 6.45) is 39.5. The van der Waals surface area contributed by atoms with E-state index in [2.05, 4.69) is 59.8 Å². The molecule has 0 spiro atoms. The maximum Gasteiger partial charge on any atom is 0.306 e. The molecule has 4 rings (SSSR count). The average Bonchev–Trinajstić information content (AvgIpc) is 3.40. The van der Waals surface area contributed by atoms with Gasteiger partial charge in [-0.1, -0.05) is 136 Å². The Bertz CT molecular complexity index is 976. The second-order valence-corrected chi connectivity index (χ2v) is 18.0. The van der Waals surface area contributed by atoms with Crippen LogP contribution in [0, 0.1) is 46.3 Å². The predicted molar refractivity (Wildman–Crippen MR) is 202 cm³/mol. The summed E-state index contributed by atoms with van der Waals surface area (Å²) in [5.74, 6) is 5.31. The van der Waals surface area contributed by atoms with E-state index in [1.165, 1.54) is 128 Å². The van der Waals surface area contributed by atoms with Gasteiger partial charge in [-0.3, -0.25) is 4.79 Å². The number of hydrogen-bond acceptors (Lipinski definition) is 2. The molecule has 2 heteroatoms. The van der Waals surface area contributed by atoms with E-state index < -0.39 is 0 Å². The highest BCUT2D eigenvalue weighted by Gasteiger charge is 2.59. The van der Waals surface area contributed by atoms with Crippen molar-refractivity contribution in [2.45, 2.75) is 208 Å². The molecular weight excluding hydrogens is 574 g/mol. The van der Waals surface area contributed by atoms with Crippen LogP contribution in [-0.4, -0.2) is 12.1 Å². The van der Waals surface area contributed by atoms with Crippen molar-refractivity contribution in [3.8, 4) is 0 Å². The van der Waals surface area contributed by atoms with Crippen molar-refractivity contribution in [2.75, 3.05) is 0 Å². The lowest BCUT2D eigenvalue weighted by molar-refractivity contribution is -0.151. The fourth-order valence-corrected chi connectivity index (χ4v) is 11.3. The Morgan fingerprint density at radius 3 is 2.19 bits per heavy atom. The zero-order valence-electron chi connectivity index (χ0n) is 32.3. The number of unbranched alkanes of at least 4 members (excludes halogenated alkanes) is 11. The van der Waals surface area contributed by atoms with Crippen molar-refractivity contribution >= 4 is 5.97 Å². The number of hydrogen-bond donors (Lipinski definition) is 0. The summed E-state index contributed by atoms with van der Waals surface area (Å²) in [5.41, 5.74) is 2.53. The van der Waals surface area contributed by atoms with Crippen molar-refractivity contribution in [3.05, 3.63) is 23.8 Å². The van der Waals surface area contributed by atoms with Crippen LogP contribution in [0.2, 0.25) is 0 Å². The number of carbonyl (C=O) groups is 1. The number of allylic oxidation sites excluding steroid dienone is 3. The number of ether oxygens (including phenoxy) is 1. The minimum absolute atomic E-state index is 0.0541. The van der Waals surface area contributed by atoms with Crippen LogP contribution in [0.25, 0.3) is 0 Å². The topological polar surface area (TPSA) is 26.3 Å². The molecule has 3 saturated carbocycles. The standard InChI is InChI=1S/C45H78O2/c1-7-8-9-10-11-12-13-14-15-16-17-18-19-20-21-25-43(46)47-38-30-32-44(5)37(34-38)26-27-39-41-29-28-40(36(4)24-22-23-35(2)3)45(41,6)33-31-42(39)44/h14-15,26,35-36,38-42H,7-13,16-25,27-34H2,1-6H3/b15-14+/t36-,38+,39+,40-,41+,42+,44+,45-/m1/s1/i25+1,43+1. The lowest BCUT2D eigenvalue weighted by Crippen LogP contribution is -2.51. The molecule has 0 aromatic carbocycles. The Morgan fingerprint density at radius 1 is 0.809 bits per heavy atom. The van der Waals surface area contributed by atoms with Crippen molar-refractivity contribution in [3.63, 3.8) is 0 Å². The van der Waals surface area contributed by atoms with Gasteiger partial charge in [-0.2, -0.15) is 0 Å². The fourth-order valence-electron chi connectivity index (χ4n) is 11.3. The first-order valence-electron chi connectivity index (χ1n) is 21.2. The summed E-state index contributed by atoms with van der Waals surface area (Å²) in [7, 11) is 0. The van der Waals surface area contributed by atoms with Gasteiger partial charge < -0.3 is 4.74 Å². The van der Waals surface area contributed by atoms with E-state index in [1.807, 2.05) is 0 Å². The van der Waals surface area contributed by atoms with Crippen LogP contribution in [0.5, 0.6) is 0 Å². The largest absolute Gasteiger partial charge is 0.462 e. The zero-order chi connectivity index (χ0) is 33.7. The average molecular weight is 653 g/mol. The van der Waals surface area contributed by atoms with Crippen LogP contribution in [0.3, 0.4) is 0 Å². The summed E-state index contributed by atoms with van der Waals surface area (Å²) in [5, 5.41) is 0. The minimum Gasteiger partial charge on any atom is -0.462 e. The Morgan fingerprint density at radius 2 is 1.49 bits per heavy atom. The Kier molecular flexibility index (Phi) is 16.0. The lowest BCUT2D eigenvalue weighted by Gasteiger charge is -2.58. The number of esters is 1. The van der Waals surface area contributed by atoms with Gasteiger partial charge in [0.15, 0.2) is 0 Å². The van der Waals surface area contributed by atoms with Crippen LogP contribution >= 0.6 is 0 Å². The second kappa shape index (κ2) is 19.4. The van der Waals surface area contributed by atoms with Crippen LogP contribution in [0.15, 0.2) is 23.8 Å². The predicted octanol–water partition coefficient (Wildman–Crippen LogP) is 14.0.